The van der Waals surface area contributed by atoms with Gasteiger partial charge >= 0.3 is 0 Å². The van der Waals surface area contributed by atoms with Crippen LogP contribution in [0.25, 0.3) is 5.69 Å². The molecule has 19 heavy (non-hydrogen) atoms. The number of unbranched alkanes of at least 4 members (excludes halogenated alkanes) is 1. The van der Waals surface area contributed by atoms with Crippen LogP contribution in [-0.4, -0.2) is 16.1 Å². The number of imidazole rings is 1. The van der Waals surface area contributed by atoms with E-state index in [0.29, 0.717) is 5.92 Å². The summed E-state index contributed by atoms with van der Waals surface area (Å²) in [6.45, 7) is 7.59. The summed E-state index contributed by atoms with van der Waals surface area (Å²) < 4.78 is 2.10. The largest absolute Gasteiger partial charge is 0.355 e. The molecule has 0 fully saturated rings. The zero-order chi connectivity index (χ0) is 13.7. The molecule has 0 amide bonds. The van der Waals surface area contributed by atoms with E-state index in [4.69, 9.17) is 0 Å². The standard InChI is InChI=1S/C16H23N3/c1-4-5-10-17-16-18-11-12-19(16)15-8-6-14(7-9-15)13(2)3/h6-9,11-13H,4-5,10H2,1-3H3,(H,17,18). The minimum Gasteiger partial charge on any atom is -0.355 e. The van der Waals surface area contributed by atoms with Gasteiger partial charge in [0.1, 0.15) is 0 Å². The molecule has 1 heterocycles. The molecule has 0 aliphatic carbocycles. The normalized spacial score (nSPS) is 10.9. The minimum atomic E-state index is 0.569. The Morgan fingerprint density at radius 1 is 1.21 bits per heavy atom. The van der Waals surface area contributed by atoms with E-state index in [0.717, 1.165) is 18.2 Å². The third-order valence-electron chi connectivity index (χ3n) is 3.29. The van der Waals surface area contributed by atoms with Crippen LogP contribution in [0.4, 0.5) is 5.95 Å². The quantitative estimate of drug-likeness (QED) is 0.786. The van der Waals surface area contributed by atoms with Crippen LogP contribution in [0, 0.1) is 0 Å². The van der Waals surface area contributed by atoms with E-state index < -0.39 is 0 Å². The predicted octanol–water partition coefficient (Wildman–Crippen LogP) is 4.21. The van der Waals surface area contributed by atoms with E-state index in [-0.39, 0.29) is 0 Å². The Hall–Kier alpha value is -1.77. The van der Waals surface area contributed by atoms with Gasteiger partial charge in [-0.1, -0.05) is 39.3 Å². The van der Waals surface area contributed by atoms with Crippen LogP contribution in [-0.2, 0) is 0 Å². The zero-order valence-corrected chi connectivity index (χ0v) is 12.1. The summed E-state index contributed by atoms with van der Waals surface area (Å²) in [7, 11) is 0. The first-order valence-corrected chi connectivity index (χ1v) is 7.10. The van der Waals surface area contributed by atoms with Crippen molar-refractivity contribution in [2.24, 2.45) is 0 Å². The molecule has 0 bridgehead atoms. The number of anilines is 1. The van der Waals surface area contributed by atoms with Crippen molar-refractivity contribution in [3.8, 4) is 5.69 Å². The van der Waals surface area contributed by atoms with Gasteiger partial charge in [-0.05, 0) is 30.0 Å². The number of hydrogen-bond acceptors (Lipinski definition) is 2. The highest BCUT2D eigenvalue weighted by Crippen LogP contribution is 2.19. The summed E-state index contributed by atoms with van der Waals surface area (Å²) in [5.74, 6) is 1.49. The van der Waals surface area contributed by atoms with E-state index in [1.807, 2.05) is 12.4 Å². The minimum absolute atomic E-state index is 0.569. The first-order valence-electron chi connectivity index (χ1n) is 7.10. The smallest absolute Gasteiger partial charge is 0.207 e. The fourth-order valence-corrected chi connectivity index (χ4v) is 2.04. The Bertz CT molecular complexity index is 497. The molecule has 1 aromatic heterocycles. The number of rotatable bonds is 6. The molecule has 0 aliphatic heterocycles. The van der Waals surface area contributed by atoms with Gasteiger partial charge in [-0.3, -0.25) is 4.57 Å². The topological polar surface area (TPSA) is 29.9 Å². The van der Waals surface area contributed by atoms with Crippen molar-refractivity contribution >= 4 is 5.95 Å². The lowest BCUT2D eigenvalue weighted by atomic mass is 10.0. The number of nitrogens with one attached hydrogen (secondary N) is 1. The highest BCUT2D eigenvalue weighted by Gasteiger charge is 2.05. The second kappa shape index (κ2) is 6.41. The maximum atomic E-state index is 4.37. The van der Waals surface area contributed by atoms with E-state index in [1.54, 1.807) is 0 Å². The van der Waals surface area contributed by atoms with Gasteiger partial charge in [0.25, 0.3) is 0 Å². The first kappa shape index (κ1) is 13.7. The van der Waals surface area contributed by atoms with E-state index in [2.05, 4.69) is 59.9 Å². The molecule has 2 aromatic rings. The van der Waals surface area contributed by atoms with Gasteiger partial charge in [-0.2, -0.15) is 0 Å². The number of nitrogens with zero attached hydrogens (tertiary/aromatic N) is 2. The molecule has 1 N–H and O–H groups in total. The second-order valence-electron chi connectivity index (χ2n) is 5.15. The zero-order valence-electron chi connectivity index (χ0n) is 12.1. The third-order valence-corrected chi connectivity index (χ3v) is 3.29. The molecule has 102 valence electrons. The van der Waals surface area contributed by atoms with Gasteiger partial charge in [0.2, 0.25) is 5.95 Å². The molecule has 3 heteroatoms. The molecule has 2 rings (SSSR count). The van der Waals surface area contributed by atoms with Crippen LogP contribution < -0.4 is 5.32 Å². The lowest BCUT2D eigenvalue weighted by molar-refractivity contribution is 0.822. The molecule has 0 saturated heterocycles. The molecule has 0 unspecified atom stereocenters. The van der Waals surface area contributed by atoms with Crippen molar-refractivity contribution in [1.29, 1.82) is 0 Å². The lowest BCUT2D eigenvalue weighted by Gasteiger charge is -2.11. The van der Waals surface area contributed by atoms with Crippen molar-refractivity contribution in [2.75, 3.05) is 11.9 Å². The summed E-state index contributed by atoms with van der Waals surface area (Å²) in [6.07, 6.45) is 6.19. The fraction of sp³-hybridized carbons (Fsp3) is 0.438. The molecule has 0 atom stereocenters. The van der Waals surface area contributed by atoms with Crippen LogP contribution in [0.5, 0.6) is 0 Å². The molecule has 0 radical (unpaired) electrons. The highest BCUT2D eigenvalue weighted by molar-refractivity contribution is 5.43. The van der Waals surface area contributed by atoms with Crippen LogP contribution in [0.15, 0.2) is 36.7 Å². The fourth-order valence-electron chi connectivity index (χ4n) is 2.04. The van der Waals surface area contributed by atoms with Gasteiger partial charge < -0.3 is 5.32 Å². The van der Waals surface area contributed by atoms with Crippen molar-refractivity contribution in [1.82, 2.24) is 9.55 Å². The Labute approximate surface area is 115 Å². The maximum absolute atomic E-state index is 4.37. The summed E-state index contributed by atoms with van der Waals surface area (Å²) in [5, 5.41) is 3.38. The Kier molecular flexibility index (Phi) is 4.61. The number of benzene rings is 1. The molecular weight excluding hydrogens is 234 g/mol. The molecule has 0 spiro atoms. The summed E-state index contributed by atoms with van der Waals surface area (Å²) in [5.41, 5.74) is 2.52. The third kappa shape index (κ3) is 3.37. The summed E-state index contributed by atoms with van der Waals surface area (Å²) in [6, 6.07) is 8.69. The van der Waals surface area contributed by atoms with Crippen molar-refractivity contribution < 1.29 is 0 Å². The number of hydrogen-bond donors (Lipinski definition) is 1. The van der Waals surface area contributed by atoms with E-state index in [1.165, 1.54) is 18.4 Å². The predicted molar refractivity (Wildman–Crippen MR) is 81.1 cm³/mol. The summed E-state index contributed by atoms with van der Waals surface area (Å²) >= 11 is 0. The first-order chi connectivity index (χ1) is 9.22. The highest BCUT2D eigenvalue weighted by atomic mass is 15.2. The van der Waals surface area contributed by atoms with Gasteiger partial charge in [0.15, 0.2) is 0 Å². The molecule has 3 nitrogen and oxygen atoms in total. The lowest BCUT2D eigenvalue weighted by Crippen LogP contribution is -2.07. The maximum Gasteiger partial charge on any atom is 0.207 e. The second-order valence-corrected chi connectivity index (χ2v) is 5.15. The SMILES string of the molecule is CCCCNc1nccn1-c1ccc(C(C)C)cc1. The summed E-state index contributed by atoms with van der Waals surface area (Å²) in [4.78, 5) is 4.37. The van der Waals surface area contributed by atoms with Crippen LogP contribution >= 0.6 is 0 Å². The Morgan fingerprint density at radius 3 is 2.58 bits per heavy atom. The van der Waals surface area contributed by atoms with Gasteiger partial charge in [-0.25, -0.2) is 4.98 Å². The number of aromatic nitrogens is 2. The average Bonchev–Trinajstić information content (AvgIpc) is 2.87. The van der Waals surface area contributed by atoms with Gasteiger partial charge in [-0.15, -0.1) is 0 Å². The van der Waals surface area contributed by atoms with Gasteiger partial charge in [0, 0.05) is 24.6 Å². The molecule has 0 aliphatic rings. The van der Waals surface area contributed by atoms with Crippen LogP contribution in [0.3, 0.4) is 0 Å². The van der Waals surface area contributed by atoms with Crippen LogP contribution in [0.2, 0.25) is 0 Å². The average molecular weight is 257 g/mol. The Balaban J connectivity index is 2.15. The van der Waals surface area contributed by atoms with Crippen LogP contribution in [0.1, 0.15) is 45.1 Å². The monoisotopic (exact) mass is 257 g/mol. The Morgan fingerprint density at radius 2 is 1.95 bits per heavy atom. The molecular formula is C16H23N3. The van der Waals surface area contributed by atoms with Crippen molar-refractivity contribution in [3.63, 3.8) is 0 Å². The van der Waals surface area contributed by atoms with E-state index >= 15 is 0 Å². The van der Waals surface area contributed by atoms with Gasteiger partial charge in [0.05, 0.1) is 0 Å². The van der Waals surface area contributed by atoms with E-state index in [9.17, 15) is 0 Å². The molecule has 1 aromatic carbocycles. The van der Waals surface area contributed by atoms with Crippen molar-refractivity contribution in [3.05, 3.63) is 42.2 Å². The molecule has 0 saturated carbocycles. The van der Waals surface area contributed by atoms with Crippen molar-refractivity contribution in [2.45, 2.75) is 39.5 Å².